The molecular weight excluding hydrogens is 321 g/mol. The van der Waals surface area contributed by atoms with Gasteiger partial charge in [0.15, 0.2) is 0 Å². The lowest BCUT2D eigenvalue weighted by Gasteiger charge is -2.35. The van der Waals surface area contributed by atoms with Gasteiger partial charge in [-0.3, -0.25) is 0 Å². The van der Waals surface area contributed by atoms with Crippen LogP contribution in [0.2, 0.25) is 0 Å². The van der Waals surface area contributed by atoms with Crippen LogP contribution in [0.3, 0.4) is 0 Å². The summed E-state index contributed by atoms with van der Waals surface area (Å²) in [5.74, 6) is 0.180. The minimum atomic E-state index is -0.167. The first kappa shape index (κ1) is 17.0. The van der Waals surface area contributed by atoms with Gasteiger partial charge in [0.1, 0.15) is 5.82 Å². The maximum absolute atomic E-state index is 14.2. The van der Waals surface area contributed by atoms with E-state index in [-0.39, 0.29) is 5.82 Å². The second-order valence-electron chi connectivity index (χ2n) is 7.41. The van der Waals surface area contributed by atoms with Crippen LogP contribution >= 0.6 is 0 Å². The Morgan fingerprint density at radius 2 is 1.65 bits per heavy atom. The average Bonchev–Trinajstić information content (AvgIpc) is 2.67. The molecule has 1 aliphatic carbocycles. The van der Waals surface area contributed by atoms with Crippen LogP contribution in [0.1, 0.15) is 29.0 Å². The van der Waals surface area contributed by atoms with Crippen molar-refractivity contribution >= 4 is 0 Å². The van der Waals surface area contributed by atoms with E-state index in [0.29, 0.717) is 17.5 Å². The molecule has 0 unspecified atom stereocenters. The van der Waals surface area contributed by atoms with Crippen molar-refractivity contribution in [2.45, 2.75) is 24.8 Å². The fourth-order valence-corrected chi connectivity index (χ4v) is 4.12. The van der Waals surface area contributed by atoms with Crippen molar-refractivity contribution in [3.63, 3.8) is 0 Å². The van der Waals surface area contributed by atoms with Crippen molar-refractivity contribution in [2.75, 3.05) is 14.1 Å². The van der Waals surface area contributed by atoms with Gasteiger partial charge in [-0.25, -0.2) is 4.39 Å². The maximum atomic E-state index is 14.2. The number of benzene rings is 3. The number of likely N-dealkylation sites (N-methyl/N-ethyl adjacent to an activating group) is 1. The van der Waals surface area contributed by atoms with Gasteiger partial charge in [0, 0.05) is 17.5 Å². The smallest absolute Gasteiger partial charge is 0.131 e. The molecule has 0 fully saturated rings. The molecule has 0 bridgehead atoms. The standard InChI is InChI=1S/C24H24FN/c1-26(2)20-15-19-8-3-4-11-21(19)23(16-20)18-10-7-9-17(14-18)22-12-5-6-13-24(22)25/h3-14,20,23H,15-16H2,1-2H3/t20-,23+/m1/s1. The highest BCUT2D eigenvalue weighted by atomic mass is 19.1. The Balaban J connectivity index is 1.78. The summed E-state index contributed by atoms with van der Waals surface area (Å²) in [6, 6.07) is 24.7. The van der Waals surface area contributed by atoms with E-state index in [1.165, 1.54) is 22.8 Å². The molecule has 0 N–H and O–H groups in total. The molecule has 0 spiro atoms. The van der Waals surface area contributed by atoms with E-state index in [4.69, 9.17) is 0 Å². The number of hydrogen-bond donors (Lipinski definition) is 0. The third kappa shape index (κ3) is 3.17. The van der Waals surface area contributed by atoms with E-state index < -0.39 is 0 Å². The van der Waals surface area contributed by atoms with Gasteiger partial charge in [-0.2, -0.15) is 0 Å². The van der Waals surface area contributed by atoms with Crippen molar-refractivity contribution in [1.29, 1.82) is 0 Å². The van der Waals surface area contributed by atoms with Crippen LogP contribution in [0.4, 0.5) is 4.39 Å². The van der Waals surface area contributed by atoms with Gasteiger partial charge >= 0.3 is 0 Å². The predicted molar refractivity (Wildman–Crippen MR) is 106 cm³/mol. The van der Waals surface area contributed by atoms with Crippen molar-refractivity contribution < 1.29 is 4.39 Å². The molecule has 2 heteroatoms. The summed E-state index contributed by atoms with van der Waals surface area (Å²) in [5, 5.41) is 0. The number of halogens is 1. The highest BCUT2D eigenvalue weighted by molar-refractivity contribution is 5.65. The molecule has 0 aromatic heterocycles. The van der Waals surface area contributed by atoms with Crippen LogP contribution in [-0.2, 0) is 6.42 Å². The first-order chi connectivity index (χ1) is 12.6. The lowest BCUT2D eigenvalue weighted by Crippen LogP contribution is -2.35. The fourth-order valence-electron chi connectivity index (χ4n) is 4.12. The van der Waals surface area contributed by atoms with Crippen molar-refractivity contribution in [3.05, 3.63) is 95.3 Å². The van der Waals surface area contributed by atoms with Gasteiger partial charge in [-0.1, -0.05) is 66.7 Å². The van der Waals surface area contributed by atoms with E-state index in [2.05, 4.69) is 61.5 Å². The van der Waals surface area contributed by atoms with E-state index in [0.717, 1.165) is 18.4 Å². The Hall–Kier alpha value is -2.45. The molecule has 0 radical (unpaired) electrons. The number of nitrogens with zero attached hydrogens (tertiary/aromatic N) is 1. The van der Waals surface area contributed by atoms with Crippen LogP contribution < -0.4 is 0 Å². The predicted octanol–water partition coefficient (Wildman–Crippen LogP) is 5.50. The van der Waals surface area contributed by atoms with Crippen LogP contribution in [0.15, 0.2) is 72.8 Å². The maximum Gasteiger partial charge on any atom is 0.131 e. The molecule has 0 saturated heterocycles. The Labute approximate surface area is 155 Å². The van der Waals surface area contributed by atoms with Crippen LogP contribution in [-0.4, -0.2) is 25.0 Å². The Bertz CT molecular complexity index is 915. The summed E-state index contributed by atoms with van der Waals surface area (Å²) in [6.45, 7) is 0. The van der Waals surface area contributed by atoms with Gasteiger partial charge in [-0.15, -0.1) is 0 Å². The number of hydrogen-bond acceptors (Lipinski definition) is 1. The van der Waals surface area contributed by atoms with Gasteiger partial charge in [0.05, 0.1) is 0 Å². The SMILES string of the molecule is CN(C)[C@@H]1Cc2ccccc2[C@H](c2cccc(-c3ccccc3F)c2)C1. The minimum Gasteiger partial charge on any atom is -0.306 e. The van der Waals surface area contributed by atoms with E-state index >= 15 is 0 Å². The third-order valence-electron chi connectivity index (χ3n) is 5.60. The molecule has 0 saturated carbocycles. The molecule has 3 aromatic rings. The summed E-state index contributed by atoms with van der Waals surface area (Å²) in [4.78, 5) is 2.32. The Morgan fingerprint density at radius 1 is 0.885 bits per heavy atom. The zero-order chi connectivity index (χ0) is 18.1. The van der Waals surface area contributed by atoms with E-state index in [9.17, 15) is 4.39 Å². The van der Waals surface area contributed by atoms with Crippen LogP contribution in [0.25, 0.3) is 11.1 Å². The molecule has 1 aliphatic rings. The Morgan fingerprint density at radius 3 is 2.46 bits per heavy atom. The quantitative estimate of drug-likeness (QED) is 0.606. The molecule has 0 aliphatic heterocycles. The first-order valence-corrected chi connectivity index (χ1v) is 9.22. The van der Waals surface area contributed by atoms with Gasteiger partial charge in [-0.05, 0) is 55.3 Å². The highest BCUT2D eigenvalue weighted by Gasteiger charge is 2.29. The molecule has 4 rings (SSSR count). The van der Waals surface area contributed by atoms with E-state index in [1.807, 2.05) is 18.2 Å². The second kappa shape index (κ2) is 7.05. The molecular formula is C24H24FN. The average molecular weight is 345 g/mol. The summed E-state index contributed by atoms with van der Waals surface area (Å²) in [6.07, 6.45) is 2.18. The lowest BCUT2D eigenvalue weighted by molar-refractivity contribution is 0.258. The van der Waals surface area contributed by atoms with Gasteiger partial charge < -0.3 is 4.90 Å². The van der Waals surface area contributed by atoms with Crippen LogP contribution in [0, 0.1) is 5.82 Å². The fraction of sp³-hybridized carbons (Fsp3) is 0.250. The van der Waals surface area contributed by atoms with Crippen molar-refractivity contribution in [1.82, 2.24) is 4.90 Å². The topological polar surface area (TPSA) is 3.24 Å². The van der Waals surface area contributed by atoms with Crippen LogP contribution in [0.5, 0.6) is 0 Å². The zero-order valence-electron chi connectivity index (χ0n) is 15.3. The van der Waals surface area contributed by atoms with Gasteiger partial charge in [0.25, 0.3) is 0 Å². The summed E-state index contributed by atoms with van der Waals surface area (Å²) in [5.41, 5.74) is 5.73. The van der Waals surface area contributed by atoms with E-state index in [1.54, 1.807) is 6.07 Å². The summed E-state index contributed by atoms with van der Waals surface area (Å²) < 4.78 is 14.2. The first-order valence-electron chi connectivity index (χ1n) is 9.22. The molecule has 2 atom stereocenters. The minimum absolute atomic E-state index is 0.167. The largest absolute Gasteiger partial charge is 0.306 e. The lowest BCUT2D eigenvalue weighted by atomic mass is 9.76. The monoisotopic (exact) mass is 345 g/mol. The molecule has 0 heterocycles. The molecule has 1 nitrogen and oxygen atoms in total. The molecule has 132 valence electrons. The number of rotatable bonds is 3. The summed E-state index contributed by atoms with van der Waals surface area (Å²) >= 11 is 0. The number of fused-ring (bicyclic) bond motifs is 1. The van der Waals surface area contributed by atoms with Crippen molar-refractivity contribution in [3.8, 4) is 11.1 Å². The highest BCUT2D eigenvalue weighted by Crippen LogP contribution is 2.39. The zero-order valence-corrected chi connectivity index (χ0v) is 15.3. The third-order valence-corrected chi connectivity index (χ3v) is 5.60. The Kier molecular flexibility index (Phi) is 4.60. The molecule has 26 heavy (non-hydrogen) atoms. The molecule has 3 aromatic carbocycles. The molecule has 0 amide bonds. The summed E-state index contributed by atoms with van der Waals surface area (Å²) in [7, 11) is 4.32. The van der Waals surface area contributed by atoms with Gasteiger partial charge in [0.2, 0.25) is 0 Å². The van der Waals surface area contributed by atoms with Crippen molar-refractivity contribution in [2.24, 2.45) is 0 Å². The normalized spacial score (nSPS) is 19.4. The second-order valence-corrected chi connectivity index (χ2v) is 7.41.